The third kappa shape index (κ3) is 4.15. The van der Waals surface area contributed by atoms with Gasteiger partial charge in [-0.15, -0.1) is 0 Å². The summed E-state index contributed by atoms with van der Waals surface area (Å²) in [6.07, 6.45) is 2.07. The largest absolute Gasteiger partial charge is 0.314 e. The topological polar surface area (TPSA) is 66.8 Å². The third-order valence-corrected chi connectivity index (χ3v) is 7.96. The quantitative estimate of drug-likeness (QED) is 0.740. The van der Waals surface area contributed by atoms with E-state index in [1.807, 2.05) is 6.92 Å². The molecule has 0 spiro atoms. The van der Waals surface area contributed by atoms with Crippen LogP contribution in [0.3, 0.4) is 0 Å². The number of rotatable bonds is 4. The van der Waals surface area contributed by atoms with Gasteiger partial charge in [-0.3, -0.25) is 4.79 Å². The van der Waals surface area contributed by atoms with Gasteiger partial charge in [-0.05, 0) is 24.6 Å². The van der Waals surface area contributed by atoms with Crippen molar-refractivity contribution < 1.29 is 13.2 Å². The molecule has 2 aliphatic heterocycles. The normalized spacial score (nSPS) is 26.2. The van der Waals surface area contributed by atoms with Gasteiger partial charge in [-0.1, -0.05) is 48.3 Å². The van der Waals surface area contributed by atoms with E-state index in [-0.39, 0.29) is 28.7 Å². The highest BCUT2D eigenvalue weighted by Gasteiger charge is 2.49. The van der Waals surface area contributed by atoms with Crippen LogP contribution in [0.5, 0.6) is 0 Å². The van der Waals surface area contributed by atoms with E-state index >= 15 is 0 Å². The second-order valence-electron chi connectivity index (χ2n) is 6.16. The average molecular weight is 421 g/mol. The highest BCUT2D eigenvalue weighted by molar-refractivity contribution is 8.16. The Morgan fingerprint density at radius 3 is 2.84 bits per heavy atom. The van der Waals surface area contributed by atoms with E-state index in [1.165, 1.54) is 11.8 Å². The first kappa shape index (κ1) is 19.0. The molecule has 1 aromatic carbocycles. The van der Waals surface area contributed by atoms with Crippen molar-refractivity contribution in [3.63, 3.8) is 0 Å². The first-order valence-corrected chi connectivity index (χ1v) is 11.5. The number of aliphatic imine (C=N–C) groups is 1. The molecule has 25 heavy (non-hydrogen) atoms. The standard InChI is InChI=1S/C16H18Cl2N2O3S2/c1-2-3-4-15(21)19-16-20(12-7-10(17)5-6-11(12)18)13-8-25(22,23)9-14(13)24-16/h5-7,13-14H,2-4,8-9H2,1H3/t13-,14-/m1/s1. The number of fused-ring (bicyclic) bond motifs is 1. The summed E-state index contributed by atoms with van der Waals surface area (Å²) in [4.78, 5) is 18.1. The van der Waals surface area contributed by atoms with Crippen LogP contribution in [0, 0.1) is 0 Å². The molecule has 0 unspecified atom stereocenters. The van der Waals surface area contributed by atoms with Crippen LogP contribution in [0.1, 0.15) is 26.2 Å². The highest BCUT2D eigenvalue weighted by Crippen LogP contribution is 2.43. The minimum absolute atomic E-state index is 0.0235. The number of benzene rings is 1. The van der Waals surface area contributed by atoms with Crippen molar-refractivity contribution in [1.29, 1.82) is 0 Å². The summed E-state index contributed by atoms with van der Waals surface area (Å²) in [6, 6.07) is 4.73. The second kappa shape index (κ2) is 7.47. The molecule has 2 saturated heterocycles. The van der Waals surface area contributed by atoms with Gasteiger partial charge in [-0.25, -0.2) is 8.42 Å². The van der Waals surface area contributed by atoms with E-state index in [0.29, 0.717) is 27.3 Å². The van der Waals surface area contributed by atoms with Gasteiger partial charge < -0.3 is 4.90 Å². The number of amides is 1. The Morgan fingerprint density at radius 2 is 2.12 bits per heavy atom. The molecule has 5 nitrogen and oxygen atoms in total. The Hall–Kier alpha value is -0.760. The van der Waals surface area contributed by atoms with E-state index in [0.717, 1.165) is 12.8 Å². The van der Waals surface area contributed by atoms with E-state index in [2.05, 4.69) is 4.99 Å². The summed E-state index contributed by atoms with van der Waals surface area (Å²) in [5.74, 6) is -0.0927. The van der Waals surface area contributed by atoms with E-state index in [9.17, 15) is 13.2 Å². The molecular weight excluding hydrogens is 403 g/mol. The molecular formula is C16H18Cl2N2O3S2. The Labute approximate surface area is 161 Å². The van der Waals surface area contributed by atoms with Gasteiger partial charge in [0.25, 0.3) is 0 Å². The maximum atomic E-state index is 12.1. The number of anilines is 1. The van der Waals surface area contributed by atoms with Crippen LogP contribution in [0.25, 0.3) is 0 Å². The van der Waals surface area contributed by atoms with Crippen molar-refractivity contribution in [1.82, 2.24) is 0 Å². The summed E-state index contributed by atoms with van der Waals surface area (Å²) in [6.45, 7) is 2.01. The number of carbonyl (C=O) groups excluding carboxylic acids is 1. The van der Waals surface area contributed by atoms with Crippen LogP contribution >= 0.6 is 35.0 Å². The number of sulfone groups is 1. The molecule has 136 valence electrons. The Balaban J connectivity index is 1.99. The lowest BCUT2D eigenvalue weighted by molar-refractivity contribution is -0.117. The molecule has 1 aromatic rings. The zero-order chi connectivity index (χ0) is 18.2. The van der Waals surface area contributed by atoms with Crippen molar-refractivity contribution in [3.8, 4) is 0 Å². The molecule has 3 rings (SSSR count). The first-order chi connectivity index (χ1) is 11.8. The Kier molecular flexibility index (Phi) is 5.68. The maximum Gasteiger partial charge on any atom is 0.248 e. The van der Waals surface area contributed by atoms with Crippen LogP contribution < -0.4 is 4.90 Å². The number of carbonyl (C=O) groups is 1. The molecule has 0 bridgehead atoms. The van der Waals surface area contributed by atoms with Crippen molar-refractivity contribution in [2.24, 2.45) is 4.99 Å². The summed E-state index contributed by atoms with van der Waals surface area (Å²) < 4.78 is 24.1. The number of halogens is 2. The molecule has 2 atom stereocenters. The molecule has 0 N–H and O–H groups in total. The summed E-state index contributed by atoms with van der Waals surface area (Å²) in [7, 11) is -3.11. The predicted molar refractivity (Wildman–Crippen MR) is 105 cm³/mol. The van der Waals surface area contributed by atoms with Gasteiger partial charge in [0, 0.05) is 16.7 Å². The maximum absolute atomic E-state index is 12.1. The number of nitrogens with zero attached hydrogens (tertiary/aromatic N) is 2. The van der Waals surface area contributed by atoms with Crippen molar-refractivity contribution in [2.45, 2.75) is 37.5 Å². The minimum Gasteiger partial charge on any atom is -0.314 e. The van der Waals surface area contributed by atoms with Crippen molar-refractivity contribution in [3.05, 3.63) is 28.2 Å². The van der Waals surface area contributed by atoms with E-state index in [4.69, 9.17) is 23.2 Å². The predicted octanol–water partition coefficient (Wildman–Crippen LogP) is 3.79. The molecule has 0 saturated carbocycles. The van der Waals surface area contributed by atoms with Crippen LogP contribution in [-0.2, 0) is 14.6 Å². The summed E-state index contributed by atoms with van der Waals surface area (Å²) >= 11 is 13.8. The molecule has 1 amide bonds. The van der Waals surface area contributed by atoms with Crippen molar-refractivity contribution in [2.75, 3.05) is 16.4 Å². The number of thioether (sulfide) groups is 1. The van der Waals surface area contributed by atoms with Crippen LogP contribution in [0.15, 0.2) is 23.2 Å². The van der Waals surface area contributed by atoms with Crippen LogP contribution in [0.4, 0.5) is 5.69 Å². The minimum atomic E-state index is -3.11. The van der Waals surface area contributed by atoms with Gasteiger partial charge in [0.2, 0.25) is 5.91 Å². The Bertz CT molecular complexity index is 827. The number of hydrogen-bond donors (Lipinski definition) is 0. The SMILES string of the molecule is CCCCC(=O)N=C1S[C@@H]2CS(=O)(=O)C[C@H]2N1c1cc(Cl)ccc1Cl. The second-order valence-corrected chi connectivity index (χ2v) is 10.4. The average Bonchev–Trinajstić information content (AvgIpc) is 2.98. The Morgan fingerprint density at radius 1 is 1.36 bits per heavy atom. The van der Waals surface area contributed by atoms with Crippen molar-refractivity contribution >= 4 is 61.6 Å². The molecule has 2 fully saturated rings. The van der Waals surface area contributed by atoms with Gasteiger partial charge in [0.1, 0.15) is 0 Å². The molecule has 2 heterocycles. The van der Waals surface area contributed by atoms with Gasteiger partial charge in [0.15, 0.2) is 15.0 Å². The van der Waals surface area contributed by atoms with Gasteiger partial charge in [0.05, 0.1) is 28.3 Å². The first-order valence-electron chi connectivity index (χ1n) is 8.03. The number of hydrogen-bond acceptors (Lipinski definition) is 4. The zero-order valence-electron chi connectivity index (χ0n) is 13.6. The summed E-state index contributed by atoms with van der Waals surface area (Å²) in [5.41, 5.74) is 0.591. The lowest BCUT2D eigenvalue weighted by atomic mass is 10.2. The lowest BCUT2D eigenvalue weighted by Crippen LogP contribution is -2.38. The molecule has 2 aliphatic rings. The molecule has 0 aliphatic carbocycles. The highest BCUT2D eigenvalue weighted by atomic mass is 35.5. The third-order valence-electron chi connectivity index (χ3n) is 4.20. The van der Waals surface area contributed by atoms with Crippen LogP contribution in [0.2, 0.25) is 10.0 Å². The molecule has 0 radical (unpaired) electrons. The van der Waals surface area contributed by atoms with Gasteiger partial charge in [-0.2, -0.15) is 4.99 Å². The van der Waals surface area contributed by atoms with Crippen LogP contribution in [-0.4, -0.2) is 42.3 Å². The summed E-state index contributed by atoms with van der Waals surface area (Å²) in [5, 5.41) is 1.29. The zero-order valence-corrected chi connectivity index (χ0v) is 16.8. The molecule has 9 heteroatoms. The fraction of sp³-hybridized carbons (Fsp3) is 0.500. The van der Waals surface area contributed by atoms with E-state index < -0.39 is 9.84 Å². The van der Waals surface area contributed by atoms with Gasteiger partial charge >= 0.3 is 0 Å². The number of amidine groups is 1. The number of unbranched alkanes of at least 4 members (excludes halogenated alkanes) is 1. The lowest BCUT2D eigenvalue weighted by Gasteiger charge is -2.25. The smallest absolute Gasteiger partial charge is 0.248 e. The molecule has 0 aromatic heterocycles. The van der Waals surface area contributed by atoms with E-state index in [1.54, 1.807) is 23.1 Å². The fourth-order valence-electron chi connectivity index (χ4n) is 3.01. The fourth-order valence-corrected chi connectivity index (χ4v) is 7.31. The monoisotopic (exact) mass is 420 g/mol.